The van der Waals surface area contributed by atoms with Crippen molar-refractivity contribution in [3.63, 3.8) is 0 Å². The lowest BCUT2D eigenvalue weighted by Gasteiger charge is -2.12. The van der Waals surface area contributed by atoms with E-state index in [0.717, 1.165) is 19.3 Å². The second-order valence-electron chi connectivity index (χ2n) is 5.96. The largest absolute Gasteiger partial charge is 0.459 e. The summed E-state index contributed by atoms with van der Waals surface area (Å²) in [6.45, 7) is 0.664. The van der Waals surface area contributed by atoms with Crippen molar-refractivity contribution in [1.29, 1.82) is 0 Å². The van der Waals surface area contributed by atoms with Crippen molar-refractivity contribution in [2.24, 2.45) is 0 Å². The van der Waals surface area contributed by atoms with Crippen molar-refractivity contribution >= 4 is 28.3 Å². The number of allylic oxidation sites excluding steroid dienone is 1. The number of carbonyl (C=O) groups is 2. The van der Waals surface area contributed by atoms with Crippen molar-refractivity contribution in [2.45, 2.75) is 38.5 Å². The third-order valence-corrected chi connectivity index (χ3v) is 4.82. The Morgan fingerprint density at radius 2 is 2.24 bits per heavy atom. The molecule has 2 aromatic heterocycles. The van der Waals surface area contributed by atoms with E-state index in [9.17, 15) is 9.59 Å². The number of anilines is 1. The molecule has 6 nitrogen and oxygen atoms in total. The zero-order chi connectivity index (χ0) is 17.5. The second-order valence-corrected chi connectivity index (χ2v) is 6.82. The molecule has 0 radical (unpaired) electrons. The molecule has 3 rings (SSSR count). The zero-order valence-corrected chi connectivity index (χ0v) is 14.7. The Kier molecular flexibility index (Phi) is 6.00. The monoisotopic (exact) mass is 359 g/mol. The highest BCUT2D eigenvalue weighted by molar-refractivity contribution is 7.14. The van der Waals surface area contributed by atoms with Crippen molar-refractivity contribution in [3.05, 3.63) is 46.9 Å². The predicted octanol–water partition coefficient (Wildman–Crippen LogP) is 3.54. The molecule has 0 fully saturated rings. The van der Waals surface area contributed by atoms with Gasteiger partial charge in [-0.15, -0.1) is 11.3 Å². The van der Waals surface area contributed by atoms with E-state index >= 15 is 0 Å². The number of furan rings is 1. The molecular weight excluding hydrogens is 338 g/mol. The van der Waals surface area contributed by atoms with Crippen LogP contribution in [0.25, 0.3) is 0 Å². The van der Waals surface area contributed by atoms with E-state index < -0.39 is 0 Å². The lowest BCUT2D eigenvalue weighted by molar-refractivity contribution is -0.120. The van der Waals surface area contributed by atoms with Crippen LogP contribution in [0.15, 0.2) is 39.8 Å². The first kappa shape index (κ1) is 17.4. The fourth-order valence-corrected chi connectivity index (χ4v) is 3.44. The van der Waals surface area contributed by atoms with Gasteiger partial charge in [-0.2, -0.15) is 0 Å². The molecule has 0 saturated heterocycles. The molecule has 2 N–H and O–H groups in total. The fourth-order valence-electron chi connectivity index (χ4n) is 2.73. The summed E-state index contributed by atoms with van der Waals surface area (Å²) in [7, 11) is 0. The number of aromatic nitrogens is 1. The van der Waals surface area contributed by atoms with E-state index in [0.29, 0.717) is 17.4 Å². The molecule has 0 atom stereocenters. The number of nitrogens with zero attached hydrogens (tertiary/aromatic N) is 1. The number of carbonyl (C=O) groups excluding carboxylic acids is 2. The van der Waals surface area contributed by atoms with Gasteiger partial charge in [-0.05, 0) is 44.2 Å². The molecule has 0 aromatic carbocycles. The van der Waals surface area contributed by atoms with E-state index in [1.807, 2.05) is 0 Å². The van der Waals surface area contributed by atoms with E-state index in [1.165, 1.54) is 36.0 Å². The van der Waals surface area contributed by atoms with Crippen molar-refractivity contribution in [3.8, 4) is 0 Å². The third-order valence-electron chi connectivity index (χ3n) is 4.01. The maximum Gasteiger partial charge on any atom is 0.293 e. The summed E-state index contributed by atoms with van der Waals surface area (Å²) >= 11 is 1.29. The number of nitrogens with one attached hydrogen (secondary N) is 2. The Labute approximate surface area is 150 Å². The van der Waals surface area contributed by atoms with Crippen LogP contribution in [0.5, 0.6) is 0 Å². The fraction of sp³-hybridized carbons (Fsp3) is 0.389. The lowest BCUT2D eigenvalue weighted by Crippen LogP contribution is -2.26. The highest BCUT2D eigenvalue weighted by Gasteiger charge is 2.13. The minimum atomic E-state index is -0.351. The molecule has 7 heteroatoms. The first-order chi connectivity index (χ1) is 12.2. The summed E-state index contributed by atoms with van der Waals surface area (Å²) in [5, 5.41) is 7.83. The van der Waals surface area contributed by atoms with E-state index in [-0.39, 0.29) is 24.0 Å². The van der Waals surface area contributed by atoms with Crippen LogP contribution in [0.4, 0.5) is 5.13 Å². The van der Waals surface area contributed by atoms with Gasteiger partial charge < -0.3 is 9.73 Å². The van der Waals surface area contributed by atoms with E-state index in [4.69, 9.17) is 4.42 Å². The molecule has 1 aliphatic rings. The molecule has 132 valence electrons. The molecule has 0 saturated carbocycles. The molecule has 1 aliphatic carbocycles. The Bertz CT molecular complexity index is 749. The van der Waals surface area contributed by atoms with Crippen LogP contribution in [-0.2, 0) is 11.2 Å². The van der Waals surface area contributed by atoms with Gasteiger partial charge >= 0.3 is 0 Å². The van der Waals surface area contributed by atoms with Gasteiger partial charge in [0.2, 0.25) is 5.91 Å². The summed E-state index contributed by atoms with van der Waals surface area (Å²) in [6.07, 6.45) is 9.72. The molecule has 25 heavy (non-hydrogen) atoms. The number of amides is 2. The maximum absolute atomic E-state index is 12.0. The Morgan fingerprint density at radius 3 is 3.00 bits per heavy atom. The summed E-state index contributed by atoms with van der Waals surface area (Å²) in [5.74, 6) is -0.173. The maximum atomic E-state index is 12.0. The Morgan fingerprint density at radius 1 is 1.32 bits per heavy atom. The summed E-state index contributed by atoms with van der Waals surface area (Å²) in [6, 6.07) is 3.23. The topological polar surface area (TPSA) is 84.2 Å². The average molecular weight is 359 g/mol. The molecular formula is C18H21N3O3S. The van der Waals surface area contributed by atoms with Crippen LogP contribution < -0.4 is 10.6 Å². The Hall–Kier alpha value is -2.41. The van der Waals surface area contributed by atoms with Gasteiger partial charge in [0.15, 0.2) is 10.9 Å². The van der Waals surface area contributed by atoms with Gasteiger partial charge in [0.25, 0.3) is 5.91 Å². The van der Waals surface area contributed by atoms with Gasteiger partial charge in [0.05, 0.1) is 18.4 Å². The molecule has 2 aromatic rings. The first-order valence-corrected chi connectivity index (χ1v) is 9.32. The van der Waals surface area contributed by atoms with Crippen LogP contribution in [0.3, 0.4) is 0 Å². The van der Waals surface area contributed by atoms with Gasteiger partial charge in [-0.1, -0.05) is 11.6 Å². The Balaban J connectivity index is 1.42. The summed E-state index contributed by atoms with van der Waals surface area (Å²) in [4.78, 5) is 28.2. The van der Waals surface area contributed by atoms with Crippen LogP contribution in [0.2, 0.25) is 0 Å². The normalized spacial score (nSPS) is 14.0. The zero-order valence-electron chi connectivity index (χ0n) is 13.9. The van der Waals surface area contributed by atoms with Crippen LogP contribution >= 0.6 is 11.3 Å². The average Bonchev–Trinajstić information content (AvgIpc) is 3.28. The standard InChI is InChI=1S/C18H21N3O3S/c22-16(19-9-8-13-5-2-1-3-6-13)11-14-12-25-18(20-14)21-17(23)15-7-4-10-24-15/h4-5,7,10,12H,1-3,6,8-9,11H2,(H,19,22)(H,20,21,23). The first-order valence-electron chi connectivity index (χ1n) is 8.44. The second kappa shape index (κ2) is 8.62. The smallest absolute Gasteiger partial charge is 0.293 e. The summed E-state index contributed by atoms with van der Waals surface area (Å²) in [5.41, 5.74) is 2.09. The van der Waals surface area contributed by atoms with Crippen molar-refractivity contribution in [2.75, 3.05) is 11.9 Å². The molecule has 0 aliphatic heterocycles. The molecule has 2 amide bonds. The van der Waals surface area contributed by atoms with Gasteiger partial charge in [0, 0.05) is 11.9 Å². The minimum Gasteiger partial charge on any atom is -0.459 e. The number of thiazole rings is 1. The van der Waals surface area contributed by atoms with Crippen molar-refractivity contribution in [1.82, 2.24) is 10.3 Å². The van der Waals surface area contributed by atoms with Gasteiger partial charge in [-0.25, -0.2) is 4.98 Å². The predicted molar refractivity (Wildman–Crippen MR) is 96.7 cm³/mol. The highest BCUT2D eigenvalue weighted by atomic mass is 32.1. The molecule has 2 heterocycles. The van der Waals surface area contributed by atoms with E-state index in [2.05, 4.69) is 21.7 Å². The highest BCUT2D eigenvalue weighted by Crippen LogP contribution is 2.19. The van der Waals surface area contributed by atoms with Crippen LogP contribution in [0.1, 0.15) is 48.4 Å². The van der Waals surface area contributed by atoms with Gasteiger partial charge in [-0.3, -0.25) is 14.9 Å². The number of hydrogen-bond donors (Lipinski definition) is 2. The molecule has 0 unspecified atom stereocenters. The third kappa shape index (κ3) is 5.29. The van der Waals surface area contributed by atoms with E-state index in [1.54, 1.807) is 17.5 Å². The summed E-state index contributed by atoms with van der Waals surface area (Å²) < 4.78 is 5.03. The lowest BCUT2D eigenvalue weighted by atomic mass is 9.97. The minimum absolute atomic E-state index is 0.0504. The van der Waals surface area contributed by atoms with Crippen LogP contribution in [0, 0.1) is 0 Å². The number of hydrogen-bond acceptors (Lipinski definition) is 5. The van der Waals surface area contributed by atoms with Gasteiger partial charge in [0.1, 0.15) is 0 Å². The SMILES string of the molecule is O=C(Cc1csc(NC(=O)c2ccco2)n1)NCCC1=CCCCC1. The quantitative estimate of drug-likeness (QED) is 0.741. The van der Waals surface area contributed by atoms with Crippen molar-refractivity contribution < 1.29 is 14.0 Å². The molecule has 0 bridgehead atoms. The number of rotatable bonds is 7. The van der Waals surface area contributed by atoms with Crippen LogP contribution in [-0.4, -0.2) is 23.3 Å². The molecule has 0 spiro atoms.